The topological polar surface area (TPSA) is 76.7 Å². The Morgan fingerprint density at radius 3 is 2.65 bits per heavy atom. The molecule has 1 aliphatic heterocycles. The van der Waals surface area contributed by atoms with Crippen LogP contribution in [0.5, 0.6) is 0 Å². The zero-order valence-corrected chi connectivity index (χ0v) is 14.9. The molecule has 2 heterocycles. The number of carbonyl (C=O) groups excluding carboxylic acids is 3. The van der Waals surface area contributed by atoms with Gasteiger partial charge in [-0.15, -0.1) is 0 Å². The lowest BCUT2D eigenvalue weighted by atomic mass is 10.1. The van der Waals surface area contributed by atoms with Crippen molar-refractivity contribution in [1.29, 1.82) is 0 Å². The number of hydrogen-bond acceptors (Lipinski definition) is 3. The van der Waals surface area contributed by atoms with Gasteiger partial charge in [-0.25, -0.2) is 4.79 Å². The molecular weight excluding hydrogens is 332 g/mol. The molecule has 1 aliphatic carbocycles. The summed E-state index contributed by atoms with van der Waals surface area (Å²) in [5.41, 5.74) is 2.13. The molecular formula is C19H22N4O3. The number of aromatic amines is 1. The van der Waals surface area contributed by atoms with Crippen LogP contribution in [-0.2, 0) is 16.1 Å². The Labute approximate surface area is 151 Å². The van der Waals surface area contributed by atoms with Gasteiger partial charge in [-0.2, -0.15) is 0 Å². The Hall–Kier alpha value is -2.83. The Morgan fingerprint density at radius 1 is 1.23 bits per heavy atom. The van der Waals surface area contributed by atoms with E-state index in [-0.39, 0.29) is 30.3 Å². The number of benzene rings is 1. The van der Waals surface area contributed by atoms with Gasteiger partial charge in [0.25, 0.3) is 5.91 Å². The summed E-state index contributed by atoms with van der Waals surface area (Å²) < 4.78 is 0. The van der Waals surface area contributed by atoms with Gasteiger partial charge in [-0.05, 0) is 42.0 Å². The SMILES string of the molecule is CN1C(=O)C(CC(=O)N(Cc2ccc3[nH]ccc3c2)C2CC2)N(C)C1=O. The van der Waals surface area contributed by atoms with Crippen LogP contribution in [0.2, 0.25) is 0 Å². The van der Waals surface area contributed by atoms with E-state index in [1.165, 1.54) is 11.9 Å². The van der Waals surface area contributed by atoms with Gasteiger partial charge in [0.05, 0.1) is 6.42 Å². The summed E-state index contributed by atoms with van der Waals surface area (Å²) in [5.74, 6) is -0.384. The summed E-state index contributed by atoms with van der Waals surface area (Å²) in [5, 5.41) is 1.11. The quantitative estimate of drug-likeness (QED) is 0.834. The van der Waals surface area contributed by atoms with E-state index in [2.05, 4.69) is 11.1 Å². The fourth-order valence-corrected chi connectivity index (χ4v) is 3.57. The lowest BCUT2D eigenvalue weighted by Gasteiger charge is -2.25. The first-order valence-corrected chi connectivity index (χ1v) is 8.85. The third-order valence-corrected chi connectivity index (χ3v) is 5.32. The number of rotatable bonds is 5. The Kier molecular flexibility index (Phi) is 3.94. The van der Waals surface area contributed by atoms with Crippen LogP contribution in [-0.4, -0.2) is 63.7 Å². The van der Waals surface area contributed by atoms with Gasteiger partial charge in [0, 0.05) is 38.4 Å². The van der Waals surface area contributed by atoms with Crippen molar-refractivity contribution >= 4 is 28.7 Å². The van der Waals surface area contributed by atoms with Crippen molar-refractivity contribution in [2.45, 2.75) is 37.9 Å². The van der Waals surface area contributed by atoms with E-state index in [9.17, 15) is 14.4 Å². The van der Waals surface area contributed by atoms with Gasteiger partial charge in [0.1, 0.15) is 6.04 Å². The van der Waals surface area contributed by atoms with E-state index in [1.54, 1.807) is 7.05 Å². The van der Waals surface area contributed by atoms with Crippen LogP contribution in [0, 0.1) is 0 Å². The first-order chi connectivity index (χ1) is 12.5. The molecule has 2 aromatic rings. The molecule has 0 bridgehead atoms. The normalized spacial score (nSPS) is 20.3. The van der Waals surface area contributed by atoms with Gasteiger partial charge in [0.2, 0.25) is 5.91 Å². The highest BCUT2D eigenvalue weighted by Crippen LogP contribution is 2.30. The maximum absolute atomic E-state index is 12.9. The number of nitrogens with zero attached hydrogens (tertiary/aromatic N) is 3. The smallest absolute Gasteiger partial charge is 0.326 e. The zero-order chi connectivity index (χ0) is 18.4. The van der Waals surface area contributed by atoms with E-state index in [0.29, 0.717) is 6.54 Å². The minimum absolute atomic E-state index is 0.0360. The number of aromatic nitrogens is 1. The summed E-state index contributed by atoms with van der Waals surface area (Å²) in [7, 11) is 3.03. The number of hydrogen-bond donors (Lipinski definition) is 1. The number of imide groups is 1. The number of carbonyl (C=O) groups is 3. The zero-order valence-electron chi connectivity index (χ0n) is 14.9. The average molecular weight is 354 g/mol. The number of amides is 4. The summed E-state index contributed by atoms with van der Waals surface area (Å²) in [6.07, 6.45) is 3.92. The molecule has 136 valence electrons. The van der Waals surface area contributed by atoms with Crippen molar-refractivity contribution in [3.8, 4) is 0 Å². The fourth-order valence-electron chi connectivity index (χ4n) is 3.57. The minimum atomic E-state index is -0.701. The molecule has 1 unspecified atom stereocenters. The van der Waals surface area contributed by atoms with Crippen molar-refractivity contribution in [2.24, 2.45) is 0 Å². The summed E-state index contributed by atoms with van der Waals surface area (Å²) in [4.78, 5) is 44.5. The molecule has 4 amide bonds. The highest BCUT2D eigenvalue weighted by atomic mass is 16.2. The summed E-state index contributed by atoms with van der Waals surface area (Å²) in [6, 6.07) is 7.30. The molecule has 1 aromatic carbocycles. The summed E-state index contributed by atoms with van der Waals surface area (Å²) in [6.45, 7) is 0.527. The molecule has 4 rings (SSSR count). The molecule has 2 aliphatic rings. The first kappa shape index (κ1) is 16.6. The van der Waals surface area contributed by atoms with Crippen molar-refractivity contribution < 1.29 is 14.4 Å². The maximum atomic E-state index is 12.9. The van der Waals surface area contributed by atoms with E-state index in [1.807, 2.05) is 29.3 Å². The molecule has 1 saturated heterocycles. The van der Waals surface area contributed by atoms with Gasteiger partial charge < -0.3 is 14.8 Å². The van der Waals surface area contributed by atoms with Crippen LogP contribution >= 0.6 is 0 Å². The standard InChI is InChI=1S/C19H22N4O3/c1-21-16(18(25)22(2)19(21)26)10-17(24)23(14-4-5-14)11-12-3-6-15-13(9-12)7-8-20-15/h3,6-9,14,16,20H,4-5,10-11H2,1-2H3. The molecule has 7 nitrogen and oxygen atoms in total. The highest BCUT2D eigenvalue weighted by Gasteiger charge is 2.43. The third kappa shape index (κ3) is 2.83. The van der Waals surface area contributed by atoms with Crippen LogP contribution in [0.4, 0.5) is 4.79 Å². The number of fused-ring (bicyclic) bond motifs is 1. The van der Waals surface area contributed by atoms with E-state index >= 15 is 0 Å². The molecule has 7 heteroatoms. The largest absolute Gasteiger partial charge is 0.361 e. The van der Waals surface area contributed by atoms with Gasteiger partial charge in [-0.3, -0.25) is 14.5 Å². The van der Waals surface area contributed by atoms with E-state index in [4.69, 9.17) is 0 Å². The van der Waals surface area contributed by atoms with Crippen molar-refractivity contribution in [2.75, 3.05) is 14.1 Å². The molecule has 0 spiro atoms. The number of likely N-dealkylation sites (N-methyl/N-ethyl adjacent to an activating group) is 2. The average Bonchev–Trinajstić information content (AvgIpc) is 3.34. The Balaban J connectivity index is 1.50. The lowest BCUT2D eigenvalue weighted by Crippen LogP contribution is -2.40. The van der Waals surface area contributed by atoms with Crippen molar-refractivity contribution in [1.82, 2.24) is 19.7 Å². The number of urea groups is 1. The number of nitrogens with one attached hydrogen (secondary N) is 1. The van der Waals surface area contributed by atoms with Crippen molar-refractivity contribution in [3.05, 3.63) is 36.0 Å². The van der Waals surface area contributed by atoms with Crippen LogP contribution in [0.25, 0.3) is 10.9 Å². The van der Waals surface area contributed by atoms with E-state index < -0.39 is 6.04 Å². The lowest BCUT2D eigenvalue weighted by molar-refractivity contribution is -0.137. The van der Waals surface area contributed by atoms with Crippen LogP contribution < -0.4 is 0 Å². The molecule has 1 atom stereocenters. The number of H-pyrrole nitrogens is 1. The molecule has 1 N–H and O–H groups in total. The monoisotopic (exact) mass is 354 g/mol. The maximum Gasteiger partial charge on any atom is 0.326 e. The minimum Gasteiger partial charge on any atom is -0.361 e. The molecule has 26 heavy (non-hydrogen) atoms. The predicted octanol–water partition coefficient (Wildman–Crippen LogP) is 1.94. The van der Waals surface area contributed by atoms with Crippen LogP contribution in [0.1, 0.15) is 24.8 Å². The predicted molar refractivity (Wildman–Crippen MR) is 96.2 cm³/mol. The van der Waals surface area contributed by atoms with Crippen LogP contribution in [0.15, 0.2) is 30.5 Å². The molecule has 2 fully saturated rings. The second kappa shape index (κ2) is 6.16. The fraction of sp³-hybridized carbons (Fsp3) is 0.421. The Bertz CT molecular complexity index is 886. The second-order valence-electron chi connectivity index (χ2n) is 7.16. The first-order valence-electron chi connectivity index (χ1n) is 8.85. The molecule has 1 saturated carbocycles. The van der Waals surface area contributed by atoms with Crippen molar-refractivity contribution in [3.63, 3.8) is 0 Å². The Morgan fingerprint density at radius 2 is 2.00 bits per heavy atom. The molecule has 1 aromatic heterocycles. The molecule has 0 radical (unpaired) electrons. The van der Waals surface area contributed by atoms with Gasteiger partial charge in [-0.1, -0.05) is 6.07 Å². The second-order valence-corrected chi connectivity index (χ2v) is 7.16. The van der Waals surface area contributed by atoms with Gasteiger partial charge in [0.15, 0.2) is 0 Å². The summed E-state index contributed by atoms with van der Waals surface area (Å²) >= 11 is 0. The van der Waals surface area contributed by atoms with E-state index in [0.717, 1.165) is 34.2 Å². The highest BCUT2D eigenvalue weighted by molar-refractivity contribution is 6.05. The van der Waals surface area contributed by atoms with Gasteiger partial charge >= 0.3 is 6.03 Å². The van der Waals surface area contributed by atoms with Crippen LogP contribution in [0.3, 0.4) is 0 Å². The third-order valence-electron chi connectivity index (χ3n) is 5.32.